The standard InChI is InChI=1S/C22H32F3N7O2/c1-15(2)13-17(30-9-11-34-12-10-30)14-26-20(33)16-5-7-31(8-6-16)19-4-3-18-27-28-21(22(23,24)25)32(18)29-19/h3-4,15-17H,5-14H2,1-2H3,(H,26,33). The fourth-order valence-corrected chi connectivity index (χ4v) is 4.71. The lowest BCUT2D eigenvalue weighted by atomic mass is 9.95. The maximum Gasteiger partial charge on any atom is 0.453 e. The number of piperidine rings is 1. The molecule has 34 heavy (non-hydrogen) atoms. The molecule has 0 spiro atoms. The van der Waals surface area contributed by atoms with Crippen LogP contribution in [-0.4, -0.2) is 82.6 Å². The van der Waals surface area contributed by atoms with Crippen molar-refractivity contribution in [3.05, 3.63) is 18.0 Å². The summed E-state index contributed by atoms with van der Waals surface area (Å²) in [6, 6.07) is 3.41. The van der Waals surface area contributed by atoms with Crippen molar-refractivity contribution < 1.29 is 22.7 Å². The SMILES string of the molecule is CC(C)CC(CNC(=O)C1CCN(c2ccc3nnc(C(F)(F)F)n3n2)CC1)N1CCOCC1. The number of morpholine rings is 1. The number of alkyl halides is 3. The predicted molar refractivity (Wildman–Crippen MR) is 119 cm³/mol. The summed E-state index contributed by atoms with van der Waals surface area (Å²) in [6.07, 6.45) is -2.39. The molecule has 2 aliphatic heterocycles. The van der Waals surface area contributed by atoms with E-state index in [4.69, 9.17) is 4.74 Å². The van der Waals surface area contributed by atoms with E-state index in [2.05, 4.69) is 39.4 Å². The third-order valence-electron chi connectivity index (χ3n) is 6.51. The van der Waals surface area contributed by atoms with Crippen LogP contribution in [-0.2, 0) is 15.7 Å². The van der Waals surface area contributed by atoms with Crippen LogP contribution in [0.5, 0.6) is 0 Å². The molecule has 1 N–H and O–H groups in total. The van der Waals surface area contributed by atoms with Crippen LogP contribution in [0, 0.1) is 11.8 Å². The van der Waals surface area contributed by atoms with Gasteiger partial charge in [-0.15, -0.1) is 15.3 Å². The van der Waals surface area contributed by atoms with Crippen molar-refractivity contribution in [3.8, 4) is 0 Å². The Morgan fingerprint density at radius 2 is 1.85 bits per heavy atom. The molecule has 0 bridgehead atoms. The molecule has 9 nitrogen and oxygen atoms in total. The number of carbonyl (C=O) groups is 1. The average Bonchev–Trinajstić information content (AvgIpc) is 3.26. The lowest BCUT2D eigenvalue weighted by molar-refractivity contribution is -0.146. The Kier molecular flexibility index (Phi) is 7.56. The Hall–Kier alpha value is -2.47. The van der Waals surface area contributed by atoms with E-state index >= 15 is 0 Å². The summed E-state index contributed by atoms with van der Waals surface area (Å²) in [6.45, 7) is 9.28. The molecule has 0 saturated carbocycles. The molecule has 4 heterocycles. The van der Waals surface area contributed by atoms with Gasteiger partial charge in [0.15, 0.2) is 5.65 Å². The number of aromatic nitrogens is 4. The Balaban J connectivity index is 1.32. The number of nitrogens with one attached hydrogen (secondary N) is 1. The normalized spacial score (nSPS) is 19.6. The fraction of sp³-hybridized carbons (Fsp3) is 0.727. The molecule has 0 radical (unpaired) electrons. The van der Waals surface area contributed by atoms with E-state index in [1.165, 1.54) is 6.07 Å². The van der Waals surface area contributed by atoms with E-state index in [1.54, 1.807) is 6.07 Å². The van der Waals surface area contributed by atoms with Gasteiger partial charge in [0.05, 0.1) is 13.2 Å². The highest BCUT2D eigenvalue weighted by Crippen LogP contribution is 2.28. The lowest BCUT2D eigenvalue weighted by Gasteiger charge is -2.36. The number of nitrogens with zero attached hydrogens (tertiary/aromatic N) is 6. The van der Waals surface area contributed by atoms with Gasteiger partial charge in [0.2, 0.25) is 5.91 Å². The highest BCUT2D eigenvalue weighted by Gasteiger charge is 2.38. The van der Waals surface area contributed by atoms with Crippen molar-refractivity contribution in [2.75, 3.05) is 50.8 Å². The zero-order valence-corrected chi connectivity index (χ0v) is 19.6. The Bertz CT molecular complexity index is 967. The average molecular weight is 484 g/mol. The third-order valence-corrected chi connectivity index (χ3v) is 6.51. The number of carbonyl (C=O) groups excluding carboxylic acids is 1. The van der Waals surface area contributed by atoms with Gasteiger partial charge in [0, 0.05) is 44.7 Å². The van der Waals surface area contributed by atoms with Crippen molar-refractivity contribution in [3.63, 3.8) is 0 Å². The van der Waals surface area contributed by atoms with Gasteiger partial charge in [-0.2, -0.15) is 17.7 Å². The van der Waals surface area contributed by atoms with E-state index < -0.39 is 12.0 Å². The largest absolute Gasteiger partial charge is 0.453 e. The molecule has 0 aliphatic carbocycles. The zero-order valence-electron chi connectivity index (χ0n) is 19.6. The van der Waals surface area contributed by atoms with E-state index in [-0.39, 0.29) is 23.5 Å². The van der Waals surface area contributed by atoms with Crippen molar-refractivity contribution in [1.29, 1.82) is 0 Å². The second kappa shape index (κ2) is 10.4. The molecule has 1 atom stereocenters. The zero-order chi connectivity index (χ0) is 24.3. The van der Waals surface area contributed by atoms with Crippen LogP contribution in [0.15, 0.2) is 12.1 Å². The molecule has 0 aromatic carbocycles. The smallest absolute Gasteiger partial charge is 0.379 e. The van der Waals surface area contributed by atoms with Gasteiger partial charge >= 0.3 is 6.18 Å². The minimum atomic E-state index is -4.63. The summed E-state index contributed by atoms with van der Waals surface area (Å²) < 4.78 is 45.6. The first-order chi connectivity index (χ1) is 16.2. The van der Waals surface area contributed by atoms with Crippen LogP contribution < -0.4 is 10.2 Å². The summed E-state index contributed by atoms with van der Waals surface area (Å²) in [5.41, 5.74) is 0.0431. The number of fused-ring (bicyclic) bond motifs is 1. The molecule has 2 aromatic rings. The van der Waals surface area contributed by atoms with Crippen LogP contribution in [0.2, 0.25) is 0 Å². The molecule has 1 unspecified atom stereocenters. The number of halogens is 3. The molecule has 2 aliphatic rings. The Morgan fingerprint density at radius 1 is 1.15 bits per heavy atom. The second-order valence-electron chi connectivity index (χ2n) is 9.42. The lowest BCUT2D eigenvalue weighted by Crippen LogP contribution is -2.50. The van der Waals surface area contributed by atoms with Crippen LogP contribution in [0.3, 0.4) is 0 Å². The van der Waals surface area contributed by atoms with E-state index in [9.17, 15) is 18.0 Å². The summed E-state index contributed by atoms with van der Waals surface area (Å²) in [4.78, 5) is 17.2. The minimum absolute atomic E-state index is 0.0431. The van der Waals surface area contributed by atoms with Crippen molar-refractivity contribution in [2.24, 2.45) is 11.8 Å². The number of hydrogen-bond acceptors (Lipinski definition) is 7. The van der Waals surface area contributed by atoms with Gasteiger partial charge in [-0.1, -0.05) is 13.8 Å². The molecule has 4 rings (SSSR count). The first-order valence-corrected chi connectivity index (χ1v) is 11.9. The molecular formula is C22H32F3N7O2. The number of hydrogen-bond donors (Lipinski definition) is 1. The van der Waals surface area contributed by atoms with Crippen LogP contribution in [0.25, 0.3) is 5.65 Å². The number of rotatable bonds is 7. The molecule has 2 saturated heterocycles. The van der Waals surface area contributed by atoms with Gasteiger partial charge in [-0.3, -0.25) is 9.69 Å². The highest BCUT2D eigenvalue weighted by atomic mass is 19.4. The van der Waals surface area contributed by atoms with Crippen LogP contribution >= 0.6 is 0 Å². The molecular weight excluding hydrogens is 451 g/mol. The first kappa shape index (κ1) is 24.6. The van der Waals surface area contributed by atoms with E-state index in [1.807, 2.05) is 4.90 Å². The maximum absolute atomic E-state index is 13.2. The van der Waals surface area contributed by atoms with Gasteiger partial charge < -0.3 is 15.0 Å². The summed E-state index contributed by atoms with van der Waals surface area (Å²) >= 11 is 0. The number of anilines is 1. The van der Waals surface area contributed by atoms with Crippen molar-refractivity contribution >= 4 is 17.4 Å². The molecule has 2 aromatic heterocycles. The molecule has 1 amide bonds. The monoisotopic (exact) mass is 483 g/mol. The number of ether oxygens (including phenoxy) is 1. The first-order valence-electron chi connectivity index (χ1n) is 11.9. The summed E-state index contributed by atoms with van der Waals surface area (Å²) in [5.74, 6) is -0.273. The molecule has 188 valence electrons. The molecule has 12 heteroatoms. The summed E-state index contributed by atoms with van der Waals surface area (Å²) in [7, 11) is 0. The Morgan fingerprint density at radius 3 is 2.50 bits per heavy atom. The highest BCUT2D eigenvalue weighted by molar-refractivity contribution is 5.79. The van der Waals surface area contributed by atoms with E-state index in [0.29, 0.717) is 44.2 Å². The van der Waals surface area contributed by atoms with Crippen molar-refractivity contribution in [1.82, 2.24) is 30.0 Å². The van der Waals surface area contributed by atoms with Crippen LogP contribution in [0.4, 0.5) is 19.0 Å². The summed E-state index contributed by atoms with van der Waals surface area (Å²) in [5, 5.41) is 14.0. The fourth-order valence-electron chi connectivity index (χ4n) is 4.71. The number of amides is 1. The van der Waals surface area contributed by atoms with Gasteiger partial charge in [0.1, 0.15) is 5.82 Å². The predicted octanol–water partition coefficient (Wildman–Crippen LogP) is 2.22. The quantitative estimate of drug-likeness (QED) is 0.646. The van der Waals surface area contributed by atoms with Gasteiger partial charge in [0.25, 0.3) is 5.82 Å². The topological polar surface area (TPSA) is 87.9 Å². The maximum atomic E-state index is 13.2. The Labute approximate surface area is 196 Å². The van der Waals surface area contributed by atoms with E-state index in [0.717, 1.165) is 37.2 Å². The molecule has 2 fully saturated rings. The van der Waals surface area contributed by atoms with Crippen LogP contribution in [0.1, 0.15) is 38.9 Å². The van der Waals surface area contributed by atoms with Gasteiger partial charge in [-0.05, 0) is 37.3 Å². The second-order valence-corrected chi connectivity index (χ2v) is 9.42. The van der Waals surface area contributed by atoms with Crippen molar-refractivity contribution in [2.45, 2.75) is 45.3 Å². The third kappa shape index (κ3) is 5.77. The van der Waals surface area contributed by atoms with Gasteiger partial charge in [-0.25, -0.2) is 0 Å². The minimum Gasteiger partial charge on any atom is -0.379 e.